The summed E-state index contributed by atoms with van der Waals surface area (Å²) in [6.45, 7) is 2.53. The first kappa shape index (κ1) is 13.2. The predicted octanol–water partition coefficient (Wildman–Crippen LogP) is 3.83. The molecule has 0 unspecified atom stereocenters. The Hall–Kier alpha value is -1.26. The van der Waals surface area contributed by atoms with Crippen molar-refractivity contribution >= 4 is 15.9 Å². The largest absolute Gasteiger partial charge is 0.306 e. The summed E-state index contributed by atoms with van der Waals surface area (Å²) in [5.74, 6) is -0.199. The van der Waals surface area contributed by atoms with Crippen LogP contribution in [0.4, 0.5) is 4.39 Å². The number of nitrogens with zero attached hydrogens (tertiary/aromatic N) is 1. The first-order valence-electron chi connectivity index (χ1n) is 5.74. The second-order valence-electron chi connectivity index (χ2n) is 4.12. The molecule has 0 radical (unpaired) electrons. The molecule has 1 heterocycles. The van der Waals surface area contributed by atoms with E-state index >= 15 is 0 Å². The van der Waals surface area contributed by atoms with Gasteiger partial charge in [-0.3, -0.25) is 4.98 Å². The lowest BCUT2D eigenvalue weighted by atomic mass is 10.1. The van der Waals surface area contributed by atoms with Gasteiger partial charge in [0.1, 0.15) is 5.82 Å². The van der Waals surface area contributed by atoms with Crippen LogP contribution in [0, 0.1) is 5.82 Å². The molecular formula is C14H14BrFN2. The highest BCUT2D eigenvalue weighted by Crippen LogP contribution is 2.16. The summed E-state index contributed by atoms with van der Waals surface area (Å²) >= 11 is 3.24. The molecule has 1 atom stereocenters. The van der Waals surface area contributed by atoms with Gasteiger partial charge < -0.3 is 5.32 Å². The topological polar surface area (TPSA) is 24.9 Å². The Morgan fingerprint density at radius 2 is 2.22 bits per heavy atom. The van der Waals surface area contributed by atoms with Gasteiger partial charge in [-0.25, -0.2) is 4.39 Å². The minimum absolute atomic E-state index is 0.141. The maximum atomic E-state index is 13.6. The molecule has 1 N–H and O–H groups in total. The number of benzene rings is 1. The summed E-state index contributed by atoms with van der Waals surface area (Å²) in [6, 6.07) is 9.14. The van der Waals surface area contributed by atoms with Gasteiger partial charge in [0, 0.05) is 35.0 Å². The van der Waals surface area contributed by atoms with E-state index in [1.165, 1.54) is 6.07 Å². The normalized spacial score (nSPS) is 12.4. The highest BCUT2D eigenvalue weighted by molar-refractivity contribution is 9.10. The van der Waals surface area contributed by atoms with Gasteiger partial charge in [0.25, 0.3) is 0 Å². The first-order chi connectivity index (χ1) is 8.66. The molecule has 0 aliphatic heterocycles. The summed E-state index contributed by atoms with van der Waals surface area (Å²) in [5.41, 5.74) is 1.75. The number of aromatic nitrogens is 1. The lowest BCUT2D eigenvalue weighted by Gasteiger charge is -2.14. The molecular weight excluding hydrogens is 295 g/mol. The van der Waals surface area contributed by atoms with E-state index in [1.807, 2.05) is 31.3 Å². The molecule has 1 aromatic carbocycles. The number of hydrogen-bond donors (Lipinski definition) is 1. The van der Waals surface area contributed by atoms with Crippen LogP contribution >= 0.6 is 15.9 Å². The predicted molar refractivity (Wildman–Crippen MR) is 73.6 cm³/mol. The fourth-order valence-corrected chi connectivity index (χ4v) is 2.01. The van der Waals surface area contributed by atoms with E-state index in [-0.39, 0.29) is 11.9 Å². The monoisotopic (exact) mass is 308 g/mol. The molecule has 0 spiro atoms. The van der Waals surface area contributed by atoms with Crippen molar-refractivity contribution in [3.63, 3.8) is 0 Å². The maximum absolute atomic E-state index is 13.6. The Bertz CT molecular complexity index is 516. The van der Waals surface area contributed by atoms with Crippen molar-refractivity contribution in [3.05, 3.63) is 64.1 Å². The molecule has 2 nitrogen and oxygen atoms in total. The van der Waals surface area contributed by atoms with Crippen molar-refractivity contribution in [2.45, 2.75) is 19.5 Å². The Balaban J connectivity index is 1.99. The van der Waals surface area contributed by atoms with E-state index in [4.69, 9.17) is 0 Å². The lowest BCUT2D eigenvalue weighted by molar-refractivity contribution is 0.543. The quantitative estimate of drug-likeness (QED) is 0.928. The van der Waals surface area contributed by atoms with E-state index in [2.05, 4.69) is 26.2 Å². The zero-order valence-corrected chi connectivity index (χ0v) is 11.6. The van der Waals surface area contributed by atoms with E-state index < -0.39 is 0 Å². The fourth-order valence-electron chi connectivity index (χ4n) is 1.68. The Labute approximate surface area is 114 Å². The second-order valence-corrected chi connectivity index (χ2v) is 5.04. The smallest absolute Gasteiger partial charge is 0.128 e. The van der Waals surface area contributed by atoms with Crippen LogP contribution in [-0.4, -0.2) is 4.98 Å². The zero-order valence-electron chi connectivity index (χ0n) is 10.0. The molecule has 94 valence electrons. The minimum Gasteiger partial charge on any atom is -0.306 e. The third kappa shape index (κ3) is 3.37. The Morgan fingerprint density at radius 1 is 1.39 bits per heavy atom. The number of halogens is 2. The van der Waals surface area contributed by atoms with Crippen molar-refractivity contribution in [1.82, 2.24) is 10.3 Å². The van der Waals surface area contributed by atoms with Crippen molar-refractivity contribution < 1.29 is 4.39 Å². The average molecular weight is 309 g/mol. The SMILES string of the molecule is C[C@@H](NCc1ccc(Br)cc1F)c1cccnc1. The molecule has 2 aromatic rings. The molecule has 0 fully saturated rings. The highest BCUT2D eigenvalue weighted by atomic mass is 79.9. The summed E-state index contributed by atoms with van der Waals surface area (Å²) in [6.07, 6.45) is 3.56. The van der Waals surface area contributed by atoms with Crippen LogP contribution in [0.15, 0.2) is 47.2 Å². The summed E-state index contributed by atoms with van der Waals surface area (Å²) in [5, 5.41) is 3.28. The van der Waals surface area contributed by atoms with Crippen LogP contribution in [0.3, 0.4) is 0 Å². The van der Waals surface area contributed by atoms with Gasteiger partial charge in [0.15, 0.2) is 0 Å². The van der Waals surface area contributed by atoms with E-state index in [9.17, 15) is 4.39 Å². The van der Waals surface area contributed by atoms with Gasteiger partial charge in [-0.05, 0) is 30.7 Å². The van der Waals surface area contributed by atoms with Crippen molar-refractivity contribution in [1.29, 1.82) is 0 Å². The summed E-state index contributed by atoms with van der Waals surface area (Å²) in [7, 11) is 0. The van der Waals surface area contributed by atoms with Crippen LogP contribution in [-0.2, 0) is 6.54 Å². The maximum Gasteiger partial charge on any atom is 0.128 e. The van der Waals surface area contributed by atoms with E-state index in [1.54, 1.807) is 12.3 Å². The van der Waals surface area contributed by atoms with Crippen molar-refractivity contribution in [2.75, 3.05) is 0 Å². The van der Waals surface area contributed by atoms with Crippen LogP contribution in [0.2, 0.25) is 0 Å². The molecule has 18 heavy (non-hydrogen) atoms. The molecule has 0 saturated carbocycles. The molecule has 4 heteroatoms. The summed E-state index contributed by atoms with van der Waals surface area (Å²) in [4.78, 5) is 4.07. The van der Waals surface area contributed by atoms with Crippen molar-refractivity contribution in [2.24, 2.45) is 0 Å². The third-order valence-corrected chi connectivity index (χ3v) is 3.29. The standard InChI is InChI=1S/C14H14BrFN2/c1-10(11-3-2-6-17-8-11)18-9-12-4-5-13(15)7-14(12)16/h2-8,10,18H,9H2,1H3/t10-/m1/s1. The number of rotatable bonds is 4. The average Bonchev–Trinajstić information content (AvgIpc) is 2.38. The van der Waals surface area contributed by atoms with Gasteiger partial charge in [-0.1, -0.05) is 28.1 Å². The summed E-state index contributed by atoms with van der Waals surface area (Å²) < 4.78 is 14.4. The molecule has 0 bridgehead atoms. The minimum atomic E-state index is -0.199. The first-order valence-corrected chi connectivity index (χ1v) is 6.53. The molecule has 0 saturated heterocycles. The third-order valence-electron chi connectivity index (χ3n) is 2.80. The van der Waals surface area contributed by atoms with Gasteiger partial charge in [0.2, 0.25) is 0 Å². The second kappa shape index (κ2) is 6.07. The molecule has 0 aliphatic carbocycles. The Morgan fingerprint density at radius 3 is 2.89 bits per heavy atom. The molecule has 0 amide bonds. The van der Waals surface area contributed by atoms with Crippen molar-refractivity contribution in [3.8, 4) is 0 Å². The number of pyridine rings is 1. The van der Waals surface area contributed by atoms with Crippen LogP contribution in [0.25, 0.3) is 0 Å². The lowest BCUT2D eigenvalue weighted by Crippen LogP contribution is -2.18. The van der Waals surface area contributed by atoms with E-state index in [0.29, 0.717) is 12.1 Å². The molecule has 1 aromatic heterocycles. The number of hydrogen-bond acceptors (Lipinski definition) is 2. The fraction of sp³-hybridized carbons (Fsp3) is 0.214. The zero-order chi connectivity index (χ0) is 13.0. The van der Waals surface area contributed by atoms with Crippen LogP contribution in [0.5, 0.6) is 0 Å². The van der Waals surface area contributed by atoms with Crippen LogP contribution in [0.1, 0.15) is 24.1 Å². The number of nitrogens with one attached hydrogen (secondary N) is 1. The van der Waals surface area contributed by atoms with Crippen LogP contribution < -0.4 is 5.32 Å². The van der Waals surface area contributed by atoms with Gasteiger partial charge in [0.05, 0.1) is 0 Å². The van der Waals surface area contributed by atoms with Gasteiger partial charge in [-0.2, -0.15) is 0 Å². The molecule has 0 aliphatic rings. The van der Waals surface area contributed by atoms with E-state index in [0.717, 1.165) is 10.0 Å². The molecule has 2 rings (SSSR count). The Kier molecular flexibility index (Phi) is 4.44. The highest BCUT2D eigenvalue weighted by Gasteiger charge is 2.07. The van der Waals surface area contributed by atoms with Gasteiger partial charge in [-0.15, -0.1) is 0 Å². The van der Waals surface area contributed by atoms with Gasteiger partial charge >= 0.3 is 0 Å².